The van der Waals surface area contributed by atoms with Crippen molar-refractivity contribution in [3.05, 3.63) is 22.2 Å². The first-order chi connectivity index (χ1) is 9.65. The van der Waals surface area contributed by atoms with Crippen molar-refractivity contribution in [1.82, 2.24) is 9.80 Å². The van der Waals surface area contributed by atoms with Gasteiger partial charge in [-0.1, -0.05) is 0 Å². The molecule has 0 N–H and O–H groups in total. The van der Waals surface area contributed by atoms with Crippen LogP contribution >= 0.6 is 15.9 Å². The molecule has 0 atom stereocenters. The van der Waals surface area contributed by atoms with Crippen molar-refractivity contribution < 1.29 is 14.3 Å². The Bertz CT molecular complexity index is 527. The van der Waals surface area contributed by atoms with Crippen molar-refractivity contribution in [2.75, 3.05) is 46.4 Å². The molecule has 3 rings (SSSR count). The van der Waals surface area contributed by atoms with Gasteiger partial charge in [0.2, 0.25) is 0 Å². The Labute approximate surface area is 126 Å². The topological polar surface area (TPSA) is 42.0 Å². The Morgan fingerprint density at radius 1 is 1.10 bits per heavy atom. The van der Waals surface area contributed by atoms with E-state index in [1.54, 1.807) is 6.07 Å². The Kier molecular flexibility index (Phi) is 3.85. The van der Waals surface area contributed by atoms with Gasteiger partial charge in [-0.25, -0.2) is 0 Å². The maximum atomic E-state index is 12.6. The normalized spacial score (nSPS) is 19.0. The van der Waals surface area contributed by atoms with Crippen LogP contribution in [-0.2, 0) is 0 Å². The summed E-state index contributed by atoms with van der Waals surface area (Å²) in [5.41, 5.74) is 0.638. The van der Waals surface area contributed by atoms with Crippen LogP contribution in [0.25, 0.3) is 0 Å². The minimum Gasteiger partial charge on any atom is -0.486 e. The van der Waals surface area contributed by atoms with Crippen molar-refractivity contribution in [2.24, 2.45) is 0 Å². The monoisotopic (exact) mass is 340 g/mol. The highest BCUT2D eigenvalue weighted by molar-refractivity contribution is 9.10. The zero-order chi connectivity index (χ0) is 14.1. The van der Waals surface area contributed by atoms with E-state index in [2.05, 4.69) is 27.9 Å². The third-order valence-corrected chi connectivity index (χ3v) is 4.31. The van der Waals surface area contributed by atoms with Crippen LogP contribution in [0, 0.1) is 0 Å². The number of ether oxygens (including phenoxy) is 2. The van der Waals surface area contributed by atoms with E-state index in [9.17, 15) is 4.79 Å². The Balaban J connectivity index is 1.84. The van der Waals surface area contributed by atoms with E-state index in [1.807, 2.05) is 11.0 Å². The van der Waals surface area contributed by atoms with Gasteiger partial charge in [0.1, 0.15) is 13.2 Å². The molecule has 20 heavy (non-hydrogen) atoms. The SMILES string of the molecule is CN1CCN(C(=O)c2cc3c(cc2Br)OCCO3)CC1. The van der Waals surface area contributed by atoms with Crippen molar-refractivity contribution in [3.8, 4) is 11.5 Å². The Morgan fingerprint density at radius 2 is 1.70 bits per heavy atom. The molecule has 1 fully saturated rings. The molecule has 1 amide bonds. The highest BCUT2D eigenvalue weighted by atomic mass is 79.9. The van der Waals surface area contributed by atoms with Crippen molar-refractivity contribution in [2.45, 2.75) is 0 Å². The summed E-state index contributed by atoms with van der Waals surface area (Å²) in [4.78, 5) is 16.7. The third kappa shape index (κ3) is 2.62. The number of carbonyl (C=O) groups is 1. The smallest absolute Gasteiger partial charge is 0.255 e. The van der Waals surface area contributed by atoms with E-state index in [0.29, 0.717) is 30.3 Å². The van der Waals surface area contributed by atoms with Crippen LogP contribution in [0.2, 0.25) is 0 Å². The lowest BCUT2D eigenvalue weighted by molar-refractivity contribution is 0.0662. The number of rotatable bonds is 1. The molecular weight excluding hydrogens is 324 g/mol. The molecule has 2 heterocycles. The molecule has 0 radical (unpaired) electrons. The molecule has 6 heteroatoms. The summed E-state index contributed by atoms with van der Waals surface area (Å²) >= 11 is 3.46. The van der Waals surface area contributed by atoms with Gasteiger partial charge in [0.25, 0.3) is 5.91 Å². The number of amides is 1. The summed E-state index contributed by atoms with van der Waals surface area (Å²) in [6.07, 6.45) is 0. The van der Waals surface area contributed by atoms with Gasteiger partial charge in [0.05, 0.1) is 5.56 Å². The highest BCUT2D eigenvalue weighted by Crippen LogP contribution is 2.36. The number of hydrogen-bond acceptors (Lipinski definition) is 4. The number of fused-ring (bicyclic) bond motifs is 1. The molecule has 0 spiro atoms. The predicted molar refractivity (Wildman–Crippen MR) is 78.5 cm³/mol. The number of carbonyl (C=O) groups excluding carboxylic acids is 1. The predicted octanol–water partition coefficient (Wildman–Crippen LogP) is 1.61. The number of likely N-dealkylation sites (N-methyl/N-ethyl adjacent to an activating group) is 1. The fraction of sp³-hybridized carbons (Fsp3) is 0.500. The van der Waals surface area contributed by atoms with Crippen LogP contribution in [0.4, 0.5) is 0 Å². The number of piperazine rings is 1. The minimum atomic E-state index is 0.0435. The van der Waals surface area contributed by atoms with Gasteiger partial charge in [-0.3, -0.25) is 4.79 Å². The summed E-state index contributed by atoms with van der Waals surface area (Å²) in [7, 11) is 2.07. The summed E-state index contributed by atoms with van der Waals surface area (Å²) in [6, 6.07) is 3.59. The minimum absolute atomic E-state index is 0.0435. The van der Waals surface area contributed by atoms with E-state index in [-0.39, 0.29) is 5.91 Å². The molecule has 1 saturated heterocycles. The fourth-order valence-electron chi connectivity index (χ4n) is 2.41. The van der Waals surface area contributed by atoms with Gasteiger partial charge in [0.15, 0.2) is 11.5 Å². The van der Waals surface area contributed by atoms with E-state index in [1.165, 1.54) is 0 Å². The van der Waals surface area contributed by atoms with E-state index in [0.717, 1.165) is 30.7 Å². The van der Waals surface area contributed by atoms with Gasteiger partial charge in [0, 0.05) is 30.7 Å². The van der Waals surface area contributed by atoms with E-state index in [4.69, 9.17) is 9.47 Å². The number of benzene rings is 1. The van der Waals surface area contributed by atoms with Crippen molar-refractivity contribution in [3.63, 3.8) is 0 Å². The molecule has 108 valence electrons. The molecule has 0 aromatic heterocycles. The molecule has 0 saturated carbocycles. The average Bonchev–Trinajstić information content (AvgIpc) is 2.46. The molecule has 2 aliphatic rings. The first kappa shape index (κ1) is 13.7. The second-order valence-electron chi connectivity index (χ2n) is 5.07. The van der Waals surface area contributed by atoms with Crippen LogP contribution in [0.1, 0.15) is 10.4 Å². The third-order valence-electron chi connectivity index (χ3n) is 3.65. The molecular formula is C14H17BrN2O3. The van der Waals surface area contributed by atoms with Crippen LogP contribution in [0.15, 0.2) is 16.6 Å². The second-order valence-corrected chi connectivity index (χ2v) is 5.93. The Hall–Kier alpha value is -1.27. The lowest BCUT2D eigenvalue weighted by atomic mass is 10.1. The zero-order valence-corrected chi connectivity index (χ0v) is 13.0. The molecule has 2 aliphatic heterocycles. The second kappa shape index (κ2) is 5.61. The fourth-order valence-corrected chi connectivity index (χ4v) is 2.90. The highest BCUT2D eigenvalue weighted by Gasteiger charge is 2.24. The maximum Gasteiger partial charge on any atom is 0.255 e. The van der Waals surface area contributed by atoms with E-state index < -0.39 is 0 Å². The molecule has 0 unspecified atom stereocenters. The zero-order valence-electron chi connectivity index (χ0n) is 11.4. The first-order valence-corrected chi connectivity index (χ1v) is 7.51. The maximum absolute atomic E-state index is 12.6. The van der Waals surface area contributed by atoms with Crippen LogP contribution in [0.3, 0.4) is 0 Å². The summed E-state index contributed by atoms with van der Waals surface area (Å²) in [5, 5.41) is 0. The molecule has 0 aliphatic carbocycles. The van der Waals surface area contributed by atoms with Gasteiger partial charge < -0.3 is 19.3 Å². The van der Waals surface area contributed by atoms with Gasteiger partial charge in [-0.15, -0.1) is 0 Å². The summed E-state index contributed by atoms with van der Waals surface area (Å²) in [6.45, 7) is 4.41. The molecule has 0 bridgehead atoms. The number of nitrogens with zero attached hydrogens (tertiary/aromatic N) is 2. The Morgan fingerprint density at radius 3 is 2.35 bits per heavy atom. The van der Waals surface area contributed by atoms with Crippen LogP contribution in [0.5, 0.6) is 11.5 Å². The molecule has 5 nitrogen and oxygen atoms in total. The standard InChI is InChI=1S/C14H17BrN2O3/c1-16-2-4-17(5-3-16)14(18)10-8-12-13(9-11(10)15)20-7-6-19-12/h8-9H,2-7H2,1H3. The number of halogens is 1. The molecule has 1 aromatic rings. The van der Waals surface area contributed by atoms with Crippen LogP contribution < -0.4 is 9.47 Å². The summed E-state index contributed by atoms with van der Waals surface area (Å²) < 4.78 is 11.8. The van der Waals surface area contributed by atoms with Gasteiger partial charge >= 0.3 is 0 Å². The largest absolute Gasteiger partial charge is 0.486 e. The van der Waals surface area contributed by atoms with Crippen molar-refractivity contribution in [1.29, 1.82) is 0 Å². The lowest BCUT2D eigenvalue weighted by Crippen LogP contribution is -2.47. The van der Waals surface area contributed by atoms with Gasteiger partial charge in [-0.2, -0.15) is 0 Å². The van der Waals surface area contributed by atoms with E-state index >= 15 is 0 Å². The average molecular weight is 341 g/mol. The van der Waals surface area contributed by atoms with Crippen LogP contribution in [-0.4, -0.2) is 62.1 Å². The molecule has 1 aromatic carbocycles. The van der Waals surface area contributed by atoms with Crippen molar-refractivity contribution >= 4 is 21.8 Å². The number of hydrogen-bond donors (Lipinski definition) is 0. The summed E-state index contributed by atoms with van der Waals surface area (Å²) in [5.74, 6) is 1.39. The quantitative estimate of drug-likeness (QED) is 0.778. The lowest BCUT2D eigenvalue weighted by Gasteiger charge is -2.32. The first-order valence-electron chi connectivity index (χ1n) is 6.72. The van der Waals surface area contributed by atoms with Gasteiger partial charge in [-0.05, 0) is 35.1 Å².